The highest BCUT2D eigenvalue weighted by atomic mass is 32.1. The second-order valence-corrected chi connectivity index (χ2v) is 5.55. The molecular weight excluding hydrogens is 252 g/mol. The number of nitrogens with one attached hydrogen (secondary N) is 2. The number of hydrazone groups is 1. The van der Waals surface area contributed by atoms with E-state index in [0.717, 1.165) is 25.0 Å². The van der Waals surface area contributed by atoms with E-state index in [4.69, 9.17) is 18.0 Å². The molecule has 0 radical (unpaired) electrons. The van der Waals surface area contributed by atoms with Gasteiger partial charge in [-0.1, -0.05) is 6.92 Å². The van der Waals surface area contributed by atoms with Gasteiger partial charge >= 0.3 is 0 Å². The normalized spacial score (nSPS) is 33.8. The Morgan fingerprint density at radius 3 is 3.00 bits per heavy atom. The van der Waals surface area contributed by atoms with Gasteiger partial charge in [0.25, 0.3) is 0 Å². The third-order valence-electron chi connectivity index (χ3n) is 3.61. The van der Waals surface area contributed by atoms with Crippen molar-refractivity contribution in [2.24, 2.45) is 22.2 Å². The number of thiocarbonyl (C=S) groups is 1. The lowest BCUT2D eigenvalue weighted by Gasteiger charge is -2.43. The van der Waals surface area contributed by atoms with E-state index in [-0.39, 0.29) is 28.3 Å². The highest BCUT2D eigenvalue weighted by Gasteiger charge is 2.49. The molecule has 2 rings (SSSR count). The molecule has 2 amide bonds. The third kappa shape index (κ3) is 2.35. The van der Waals surface area contributed by atoms with Gasteiger partial charge in [-0.15, -0.1) is 0 Å². The maximum Gasteiger partial charge on any atom is 0.235 e. The third-order valence-corrected chi connectivity index (χ3v) is 3.70. The Hall–Kier alpha value is -1.50. The molecule has 0 aromatic heterocycles. The van der Waals surface area contributed by atoms with Gasteiger partial charge in [-0.25, -0.2) is 0 Å². The zero-order valence-corrected chi connectivity index (χ0v) is 11.0. The summed E-state index contributed by atoms with van der Waals surface area (Å²) in [5, 5.41) is 6.56. The molecule has 1 aliphatic carbocycles. The maximum atomic E-state index is 12.0. The second-order valence-electron chi connectivity index (χ2n) is 5.11. The molecule has 0 spiro atoms. The molecule has 7 heteroatoms. The van der Waals surface area contributed by atoms with Gasteiger partial charge in [0.15, 0.2) is 5.11 Å². The Labute approximate surface area is 110 Å². The van der Waals surface area contributed by atoms with Crippen LogP contribution >= 0.6 is 12.2 Å². The maximum absolute atomic E-state index is 12.0. The van der Waals surface area contributed by atoms with Crippen LogP contribution in [0, 0.1) is 11.3 Å². The van der Waals surface area contributed by atoms with Crippen molar-refractivity contribution in [1.29, 1.82) is 0 Å². The zero-order chi connectivity index (χ0) is 13.3. The van der Waals surface area contributed by atoms with Crippen molar-refractivity contribution in [3.63, 3.8) is 0 Å². The number of carbonyl (C=O) groups excluding carboxylic acids is 2. The van der Waals surface area contributed by atoms with Crippen molar-refractivity contribution < 1.29 is 9.59 Å². The molecule has 0 unspecified atom stereocenters. The quantitative estimate of drug-likeness (QED) is 0.354. The number of rotatable bonds is 1. The molecule has 0 aromatic carbocycles. The molecule has 2 fully saturated rings. The molecule has 0 aromatic rings. The number of piperidine rings is 1. The molecule has 6 nitrogen and oxygen atoms in total. The summed E-state index contributed by atoms with van der Waals surface area (Å²) in [4.78, 5) is 23.5. The van der Waals surface area contributed by atoms with Crippen LogP contribution in [0.4, 0.5) is 0 Å². The first-order chi connectivity index (χ1) is 8.42. The van der Waals surface area contributed by atoms with Crippen molar-refractivity contribution in [2.45, 2.75) is 32.6 Å². The van der Waals surface area contributed by atoms with Crippen LogP contribution in [0.15, 0.2) is 5.10 Å². The smallest absolute Gasteiger partial charge is 0.235 e. The number of nitrogens with two attached hydrogens (primary N) is 1. The molecule has 1 heterocycles. The fraction of sp³-hybridized carbons (Fsp3) is 0.636. The largest absolute Gasteiger partial charge is 0.375 e. The number of fused-ring (bicyclic) bond motifs is 1. The summed E-state index contributed by atoms with van der Waals surface area (Å²) >= 11 is 4.69. The van der Waals surface area contributed by atoms with E-state index in [9.17, 15) is 9.59 Å². The molecule has 2 atom stereocenters. The van der Waals surface area contributed by atoms with Crippen molar-refractivity contribution in [3.8, 4) is 0 Å². The van der Waals surface area contributed by atoms with E-state index in [1.165, 1.54) is 0 Å². The van der Waals surface area contributed by atoms with Crippen LogP contribution in [0.1, 0.15) is 32.6 Å². The number of imide groups is 1. The molecule has 0 bridgehead atoms. The fourth-order valence-electron chi connectivity index (χ4n) is 2.89. The van der Waals surface area contributed by atoms with Crippen LogP contribution < -0.4 is 16.5 Å². The van der Waals surface area contributed by atoms with E-state index in [0.29, 0.717) is 6.42 Å². The number of hydrogen-bond donors (Lipinski definition) is 3. The Morgan fingerprint density at radius 1 is 1.61 bits per heavy atom. The first kappa shape index (κ1) is 12.9. The minimum atomic E-state index is -0.370. The number of carbonyl (C=O) groups is 2. The van der Waals surface area contributed by atoms with Crippen LogP contribution in [-0.4, -0.2) is 22.6 Å². The van der Waals surface area contributed by atoms with Gasteiger partial charge < -0.3 is 5.73 Å². The van der Waals surface area contributed by atoms with E-state index in [1.54, 1.807) is 0 Å². The highest BCUT2D eigenvalue weighted by molar-refractivity contribution is 7.80. The summed E-state index contributed by atoms with van der Waals surface area (Å²) in [6, 6.07) is 0. The van der Waals surface area contributed by atoms with Gasteiger partial charge in [0.2, 0.25) is 11.8 Å². The number of nitrogens with zero attached hydrogens (tertiary/aromatic N) is 1. The van der Waals surface area contributed by atoms with Gasteiger partial charge in [0.1, 0.15) is 0 Å². The lowest BCUT2D eigenvalue weighted by molar-refractivity contribution is -0.140. The summed E-state index contributed by atoms with van der Waals surface area (Å²) in [6.07, 6.45) is 2.83. The van der Waals surface area contributed by atoms with Crippen LogP contribution in [0.25, 0.3) is 0 Å². The standard InChI is InChI=1S/C11H16N4O2S/c1-11-4-2-3-6(14-15-10(12)18)8(11)9(17)13-7(16)5-11/h8H,2-5H2,1H3,(H3,12,15,18)(H,13,16,17)/b14-6+/t8-,11+/m1/s1. The summed E-state index contributed by atoms with van der Waals surface area (Å²) in [5.74, 6) is -0.843. The SMILES string of the molecule is C[C@@]12CCC/C(=N\NC(N)=S)[C@@H]1C(=O)NC(=O)C2. The second kappa shape index (κ2) is 4.64. The van der Waals surface area contributed by atoms with Crippen molar-refractivity contribution in [3.05, 3.63) is 0 Å². The molecule has 2 aliphatic rings. The minimum absolute atomic E-state index is 0.0714. The molecule has 98 valence electrons. The van der Waals surface area contributed by atoms with Gasteiger partial charge in [-0.3, -0.25) is 20.3 Å². The first-order valence-corrected chi connectivity index (χ1v) is 6.29. The lowest BCUT2D eigenvalue weighted by atomic mass is 9.62. The number of hydrogen-bond acceptors (Lipinski definition) is 4. The Balaban J connectivity index is 2.28. The first-order valence-electron chi connectivity index (χ1n) is 5.88. The molecule has 1 aliphatic heterocycles. The average molecular weight is 268 g/mol. The molecular formula is C11H16N4O2S. The number of amides is 2. The van der Waals surface area contributed by atoms with E-state index >= 15 is 0 Å². The van der Waals surface area contributed by atoms with E-state index < -0.39 is 0 Å². The Kier molecular flexibility index (Phi) is 3.34. The van der Waals surface area contributed by atoms with E-state index in [2.05, 4.69) is 15.8 Å². The van der Waals surface area contributed by atoms with Crippen molar-refractivity contribution in [2.75, 3.05) is 0 Å². The predicted octanol–water partition coefficient (Wildman–Crippen LogP) is 0.0285. The zero-order valence-electron chi connectivity index (χ0n) is 10.2. The highest BCUT2D eigenvalue weighted by Crippen LogP contribution is 2.44. The molecule has 1 saturated heterocycles. The topological polar surface area (TPSA) is 96.6 Å². The monoisotopic (exact) mass is 268 g/mol. The molecule has 4 N–H and O–H groups in total. The van der Waals surface area contributed by atoms with Crippen molar-refractivity contribution >= 4 is 34.9 Å². The van der Waals surface area contributed by atoms with Gasteiger partial charge in [0, 0.05) is 6.42 Å². The summed E-state index contributed by atoms with van der Waals surface area (Å²) in [5.41, 5.74) is 8.24. The van der Waals surface area contributed by atoms with Gasteiger partial charge in [-0.2, -0.15) is 5.10 Å². The summed E-state index contributed by atoms with van der Waals surface area (Å²) in [7, 11) is 0. The predicted molar refractivity (Wildman–Crippen MR) is 70.6 cm³/mol. The average Bonchev–Trinajstić information content (AvgIpc) is 2.23. The van der Waals surface area contributed by atoms with Gasteiger partial charge in [-0.05, 0) is 36.9 Å². The Morgan fingerprint density at radius 2 is 2.33 bits per heavy atom. The van der Waals surface area contributed by atoms with Crippen LogP contribution in [0.2, 0.25) is 0 Å². The fourth-order valence-corrected chi connectivity index (χ4v) is 2.94. The summed E-state index contributed by atoms with van der Waals surface area (Å²) < 4.78 is 0. The van der Waals surface area contributed by atoms with E-state index in [1.807, 2.05) is 6.92 Å². The molecule has 18 heavy (non-hydrogen) atoms. The Bertz CT molecular complexity index is 448. The van der Waals surface area contributed by atoms with Crippen LogP contribution in [-0.2, 0) is 9.59 Å². The van der Waals surface area contributed by atoms with Crippen LogP contribution in [0.3, 0.4) is 0 Å². The lowest BCUT2D eigenvalue weighted by Crippen LogP contribution is -2.55. The minimum Gasteiger partial charge on any atom is -0.375 e. The molecule has 1 saturated carbocycles. The van der Waals surface area contributed by atoms with Crippen LogP contribution in [0.5, 0.6) is 0 Å². The summed E-state index contributed by atoms with van der Waals surface area (Å²) in [6.45, 7) is 1.96. The van der Waals surface area contributed by atoms with Crippen molar-refractivity contribution in [1.82, 2.24) is 10.7 Å². The van der Waals surface area contributed by atoms with Gasteiger partial charge in [0.05, 0.1) is 11.6 Å².